The molecular formula is C22H27N7. The van der Waals surface area contributed by atoms with Crippen molar-refractivity contribution in [2.75, 3.05) is 25.0 Å². The van der Waals surface area contributed by atoms with Gasteiger partial charge in [0.05, 0.1) is 6.54 Å². The first-order valence-corrected chi connectivity index (χ1v) is 9.96. The Bertz CT molecular complexity index is 947. The van der Waals surface area contributed by atoms with Crippen LogP contribution < -0.4 is 15.5 Å². The molecule has 3 aromatic rings. The van der Waals surface area contributed by atoms with E-state index >= 15 is 0 Å². The van der Waals surface area contributed by atoms with Crippen LogP contribution in [-0.4, -0.2) is 46.9 Å². The minimum absolute atomic E-state index is 0.356. The van der Waals surface area contributed by atoms with Crippen molar-refractivity contribution in [2.45, 2.75) is 25.9 Å². The first-order chi connectivity index (χ1) is 14.2. The minimum atomic E-state index is 0.356. The van der Waals surface area contributed by atoms with Gasteiger partial charge in [0.2, 0.25) is 0 Å². The Morgan fingerprint density at radius 1 is 1.10 bits per heavy atom. The third kappa shape index (κ3) is 4.56. The SMILES string of the molecule is CN=C(NCc1nncn1-c1ccccc1)NC1CCN(c2ccc(C)cc2)C1. The van der Waals surface area contributed by atoms with Gasteiger partial charge in [-0.05, 0) is 37.6 Å². The van der Waals surface area contributed by atoms with Crippen molar-refractivity contribution in [3.05, 3.63) is 72.3 Å². The summed E-state index contributed by atoms with van der Waals surface area (Å²) in [5.41, 5.74) is 3.61. The van der Waals surface area contributed by atoms with Crippen LogP contribution in [0, 0.1) is 6.92 Å². The van der Waals surface area contributed by atoms with Crippen molar-refractivity contribution in [3.63, 3.8) is 0 Å². The summed E-state index contributed by atoms with van der Waals surface area (Å²) in [5, 5.41) is 15.2. The molecule has 4 rings (SSSR count). The van der Waals surface area contributed by atoms with Crippen LogP contribution in [0.15, 0.2) is 65.9 Å². The number of aliphatic imine (C=N–C) groups is 1. The largest absolute Gasteiger partial charge is 0.369 e. The van der Waals surface area contributed by atoms with Crippen LogP contribution in [0.1, 0.15) is 17.8 Å². The number of nitrogens with one attached hydrogen (secondary N) is 2. The first-order valence-electron chi connectivity index (χ1n) is 9.96. The average molecular weight is 390 g/mol. The summed E-state index contributed by atoms with van der Waals surface area (Å²) in [6.07, 6.45) is 2.81. The summed E-state index contributed by atoms with van der Waals surface area (Å²) >= 11 is 0. The molecule has 0 bridgehead atoms. The third-order valence-electron chi connectivity index (χ3n) is 5.22. The van der Waals surface area contributed by atoms with Gasteiger partial charge in [0.1, 0.15) is 6.33 Å². The molecule has 0 amide bonds. The lowest BCUT2D eigenvalue weighted by molar-refractivity contribution is 0.643. The fourth-order valence-corrected chi connectivity index (χ4v) is 3.60. The van der Waals surface area contributed by atoms with Crippen molar-refractivity contribution in [3.8, 4) is 5.69 Å². The van der Waals surface area contributed by atoms with E-state index in [1.807, 2.05) is 34.9 Å². The summed E-state index contributed by atoms with van der Waals surface area (Å²) in [4.78, 5) is 6.79. The molecule has 0 aliphatic carbocycles. The summed E-state index contributed by atoms with van der Waals surface area (Å²) in [6, 6.07) is 19.2. The number of aryl methyl sites for hydroxylation is 1. The molecule has 1 aliphatic rings. The summed E-state index contributed by atoms with van der Waals surface area (Å²) < 4.78 is 1.98. The van der Waals surface area contributed by atoms with Crippen molar-refractivity contribution in [1.29, 1.82) is 0 Å². The average Bonchev–Trinajstić information content (AvgIpc) is 3.42. The molecule has 1 fully saturated rings. The van der Waals surface area contributed by atoms with Crippen molar-refractivity contribution in [2.24, 2.45) is 4.99 Å². The molecule has 1 aliphatic heterocycles. The van der Waals surface area contributed by atoms with Crippen LogP contribution in [-0.2, 0) is 6.54 Å². The molecule has 1 aromatic heterocycles. The number of aromatic nitrogens is 3. The van der Waals surface area contributed by atoms with Crippen LogP contribution in [0.5, 0.6) is 0 Å². The number of hydrogen-bond donors (Lipinski definition) is 2. The second-order valence-corrected chi connectivity index (χ2v) is 7.29. The maximum absolute atomic E-state index is 4.38. The van der Waals surface area contributed by atoms with Gasteiger partial charge in [0.15, 0.2) is 11.8 Å². The maximum atomic E-state index is 4.38. The van der Waals surface area contributed by atoms with E-state index in [0.717, 1.165) is 37.0 Å². The summed E-state index contributed by atoms with van der Waals surface area (Å²) in [7, 11) is 1.80. The number of para-hydroxylation sites is 1. The van der Waals surface area contributed by atoms with Crippen LogP contribution in [0.4, 0.5) is 5.69 Å². The highest BCUT2D eigenvalue weighted by Gasteiger charge is 2.23. The highest BCUT2D eigenvalue weighted by molar-refractivity contribution is 5.80. The summed E-state index contributed by atoms with van der Waals surface area (Å²) in [5.74, 6) is 1.62. The zero-order valence-electron chi connectivity index (χ0n) is 16.9. The molecule has 1 unspecified atom stereocenters. The smallest absolute Gasteiger partial charge is 0.191 e. The Labute approximate surface area is 171 Å². The lowest BCUT2D eigenvalue weighted by Gasteiger charge is -2.20. The molecule has 1 saturated heterocycles. The predicted molar refractivity (Wildman–Crippen MR) is 116 cm³/mol. The zero-order valence-corrected chi connectivity index (χ0v) is 16.9. The topological polar surface area (TPSA) is 70.4 Å². The Morgan fingerprint density at radius 2 is 1.90 bits per heavy atom. The molecule has 2 aromatic carbocycles. The monoisotopic (exact) mass is 389 g/mol. The fraction of sp³-hybridized carbons (Fsp3) is 0.318. The van der Waals surface area contributed by atoms with E-state index in [0.29, 0.717) is 12.6 Å². The highest BCUT2D eigenvalue weighted by atomic mass is 15.3. The van der Waals surface area contributed by atoms with Gasteiger partial charge in [-0.3, -0.25) is 9.56 Å². The van der Waals surface area contributed by atoms with Gasteiger partial charge < -0.3 is 15.5 Å². The zero-order chi connectivity index (χ0) is 20.1. The second-order valence-electron chi connectivity index (χ2n) is 7.29. The highest BCUT2D eigenvalue weighted by Crippen LogP contribution is 2.20. The van der Waals surface area contributed by atoms with Crippen molar-refractivity contribution in [1.82, 2.24) is 25.4 Å². The van der Waals surface area contributed by atoms with E-state index in [-0.39, 0.29) is 0 Å². The van der Waals surface area contributed by atoms with E-state index in [9.17, 15) is 0 Å². The van der Waals surface area contributed by atoms with Gasteiger partial charge in [-0.25, -0.2) is 0 Å². The quantitative estimate of drug-likeness (QED) is 0.518. The van der Waals surface area contributed by atoms with E-state index in [2.05, 4.69) is 61.9 Å². The third-order valence-corrected chi connectivity index (χ3v) is 5.22. The van der Waals surface area contributed by atoms with E-state index < -0.39 is 0 Å². The lowest BCUT2D eigenvalue weighted by Crippen LogP contribution is -2.44. The predicted octanol–water partition coefficient (Wildman–Crippen LogP) is 2.52. The number of nitrogens with zero attached hydrogens (tertiary/aromatic N) is 5. The molecule has 2 N–H and O–H groups in total. The Balaban J connectivity index is 1.33. The number of hydrogen-bond acceptors (Lipinski definition) is 4. The lowest BCUT2D eigenvalue weighted by atomic mass is 10.2. The summed E-state index contributed by atoms with van der Waals surface area (Å²) in [6.45, 7) is 4.67. The van der Waals surface area contributed by atoms with E-state index in [1.165, 1.54) is 11.3 Å². The number of benzene rings is 2. The Morgan fingerprint density at radius 3 is 2.66 bits per heavy atom. The van der Waals surface area contributed by atoms with Gasteiger partial charge in [-0.15, -0.1) is 10.2 Å². The number of anilines is 1. The normalized spacial score (nSPS) is 16.8. The van der Waals surface area contributed by atoms with E-state index in [4.69, 9.17) is 0 Å². The van der Waals surface area contributed by atoms with Crippen LogP contribution in [0.2, 0.25) is 0 Å². The molecule has 0 saturated carbocycles. The molecular weight excluding hydrogens is 362 g/mol. The van der Waals surface area contributed by atoms with Gasteiger partial charge in [0, 0.05) is 37.6 Å². The minimum Gasteiger partial charge on any atom is -0.369 e. The second kappa shape index (κ2) is 8.77. The standard InChI is InChI=1S/C22H27N7/c1-17-8-10-19(11-9-17)28-13-12-18(15-28)26-22(23-2)24-14-21-27-25-16-29(21)20-6-4-3-5-7-20/h3-11,16,18H,12-15H2,1-2H3,(H2,23,24,26). The molecule has 150 valence electrons. The van der Waals surface area contributed by atoms with Crippen LogP contribution >= 0.6 is 0 Å². The van der Waals surface area contributed by atoms with Gasteiger partial charge in [-0.2, -0.15) is 0 Å². The van der Waals surface area contributed by atoms with Gasteiger partial charge in [0.25, 0.3) is 0 Å². The van der Waals surface area contributed by atoms with Gasteiger partial charge >= 0.3 is 0 Å². The fourth-order valence-electron chi connectivity index (χ4n) is 3.60. The number of guanidine groups is 1. The Hall–Kier alpha value is -3.35. The molecule has 29 heavy (non-hydrogen) atoms. The van der Waals surface area contributed by atoms with Crippen LogP contribution in [0.3, 0.4) is 0 Å². The van der Waals surface area contributed by atoms with E-state index in [1.54, 1.807) is 13.4 Å². The molecule has 7 heteroatoms. The first kappa shape index (κ1) is 19.0. The maximum Gasteiger partial charge on any atom is 0.191 e. The molecule has 0 radical (unpaired) electrons. The molecule has 2 heterocycles. The molecule has 1 atom stereocenters. The van der Waals surface area contributed by atoms with Crippen molar-refractivity contribution >= 4 is 11.6 Å². The van der Waals surface area contributed by atoms with Gasteiger partial charge in [-0.1, -0.05) is 35.9 Å². The molecule has 0 spiro atoms. The van der Waals surface area contributed by atoms with Crippen LogP contribution in [0.25, 0.3) is 5.69 Å². The number of rotatable bonds is 5. The molecule has 7 nitrogen and oxygen atoms in total. The Kier molecular flexibility index (Phi) is 5.74. The van der Waals surface area contributed by atoms with Crippen molar-refractivity contribution < 1.29 is 0 Å².